The Hall–Kier alpha value is -2.18. The largest absolute Gasteiger partial charge is 0.460 e. The average Bonchev–Trinajstić information content (AvgIpc) is 3.09. The van der Waals surface area contributed by atoms with E-state index in [4.69, 9.17) is 16.3 Å². The maximum Gasteiger partial charge on any atom is 0.313 e. The van der Waals surface area contributed by atoms with Gasteiger partial charge in [0.2, 0.25) is 0 Å². The normalized spacial score (nSPS) is 17.9. The number of benzene rings is 2. The van der Waals surface area contributed by atoms with E-state index in [2.05, 4.69) is 0 Å². The summed E-state index contributed by atoms with van der Waals surface area (Å²) in [7, 11) is -3.46. The highest BCUT2D eigenvalue weighted by Gasteiger charge is 2.31. The number of ether oxygens (including phenoxy) is 1. The van der Waals surface area contributed by atoms with Crippen molar-refractivity contribution in [2.75, 3.05) is 6.26 Å². The Morgan fingerprint density at radius 3 is 2.52 bits per heavy atom. The number of ketones is 1. The lowest BCUT2D eigenvalue weighted by atomic mass is 9.88. The molecule has 0 radical (unpaired) electrons. The van der Waals surface area contributed by atoms with Gasteiger partial charge in [-0.2, -0.15) is 0 Å². The van der Waals surface area contributed by atoms with Crippen molar-refractivity contribution < 1.29 is 22.7 Å². The van der Waals surface area contributed by atoms with Gasteiger partial charge in [-0.1, -0.05) is 48.0 Å². The van der Waals surface area contributed by atoms with E-state index in [-0.39, 0.29) is 28.2 Å². The number of sulfone groups is 1. The molecule has 0 saturated heterocycles. The molecule has 1 aliphatic rings. The van der Waals surface area contributed by atoms with Gasteiger partial charge in [-0.05, 0) is 42.0 Å². The van der Waals surface area contributed by atoms with Crippen molar-refractivity contribution in [2.24, 2.45) is 5.92 Å². The highest BCUT2D eigenvalue weighted by molar-refractivity contribution is 7.90. The predicted molar refractivity (Wildman–Crippen MR) is 111 cm³/mol. The van der Waals surface area contributed by atoms with Crippen LogP contribution in [0.2, 0.25) is 5.02 Å². The van der Waals surface area contributed by atoms with Crippen LogP contribution in [0.15, 0.2) is 53.4 Å². The van der Waals surface area contributed by atoms with Crippen LogP contribution in [0.3, 0.4) is 0 Å². The molecule has 7 heteroatoms. The van der Waals surface area contributed by atoms with Crippen LogP contribution in [0.4, 0.5) is 0 Å². The third-order valence-electron chi connectivity index (χ3n) is 5.18. The fraction of sp³-hybridized carbons (Fsp3) is 0.364. The van der Waals surface area contributed by atoms with Gasteiger partial charge in [-0.3, -0.25) is 9.59 Å². The summed E-state index contributed by atoms with van der Waals surface area (Å²) in [6.07, 6.45) is 3.29. The van der Waals surface area contributed by atoms with E-state index in [0.717, 1.165) is 18.2 Å². The first kappa shape index (κ1) is 21.5. The van der Waals surface area contributed by atoms with Gasteiger partial charge in [-0.15, -0.1) is 0 Å². The van der Waals surface area contributed by atoms with Crippen LogP contribution >= 0.6 is 11.6 Å². The highest BCUT2D eigenvalue weighted by atomic mass is 35.5. The lowest BCUT2D eigenvalue weighted by Gasteiger charge is -2.20. The second kappa shape index (κ2) is 9.09. The number of carbonyl (C=O) groups excluding carboxylic acids is 2. The monoisotopic (exact) mass is 434 g/mol. The van der Waals surface area contributed by atoms with Gasteiger partial charge in [0, 0.05) is 19.1 Å². The minimum Gasteiger partial charge on any atom is -0.460 e. The van der Waals surface area contributed by atoms with E-state index < -0.39 is 21.7 Å². The van der Waals surface area contributed by atoms with E-state index in [0.29, 0.717) is 24.8 Å². The fourth-order valence-electron chi connectivity index (χ4n) is 3.66. The zero-order valence-corrected chi connectivity index (χ0v) is 17.7. The maximum atomic E-state index is 12.9. The van der Waals surface area contributed by atoms with Gasteiger partial charge in [-0.25, -0.2) is 8.42 Å². The maximum absolute atomic E-state index is 12.9. The van der Waals surface area contributed by atoms with Gasteiger partial charge in [0.1, 0.15) is 12.4 Å². The molecule has 2 unspecified atom stereocenters. The molecule has 154 valence electrons. The molecule has 1 fully saturated rings. The zero-order chi connectivity index (χ0) is 21.0. The van der Waals surface area contributed by atoms with Crippen LogP contribution < -0.4 is 0 Å². The Bertz CT molecular complexity index is 1000. The van der Waals surface area contributed by atoms with E-state index in [1.54, 1.807) is 6.07 Å². The third kappa shape index (κ3) is 5.67. The Balaban J connectivity index is 1.83. The number of Topliss-reactive ketones (excluding diaryl/α,β-unsaturated/α-hetero) is 1. The molecule has 2 atom stereocenters. The summed E-state index contributed by atoms with van der Waals surface area (Å²) in [6.45, 7) is 0.148. The lowest BCUT2D eigenvalue weighted by Crippen LogP contribution is -2.19. The first-order valence-corrected chi connectivity index (χ1v) is 11.7. The van der Waals surface area contributed by atoms with Crippen LogP contribution in [-0.2, 0) is 30.8 Å². The summed E-state index contributed by atoms with van der Waals surface area (Å²) < 4.78 is 29.2. The van der Waals surface area contributed by atoms with E-state index in [9.17, 15) is 18.0 Å². The number of carbonyl (C=O) groups is 2. The summed E-state index contributed by atoms with van der Waals surface area (Å²) in [5.41, 5.74) is 1.47. The van der Waals surface area contributed by atoms with E-state index >= 15 is 0 Å². The molecule has 2 aromatic carbocycles. The topological polar surface area (TPSA) is 77.5 Å². The standard InChI is InChI=1S/C22H23ClO5S/c1-29(26,27)21-10-8-17(13-20(21)23)19(12-16-7-9-18(24)11-16)22(25)28-14-15-5-3-2-4-6-15/h2-6,8,10,13,16,19H,7,9,11-12,14H2,1H3. The quantitative estimate of drug-likeness (QED) is 0.606. The molecule has 0 heterocycles. The molecule has 29 heavy (non-hydrogen) atoms. The van der Waals surface area contributed by atoms with Crippen molar-refractivity contribution in [1.82, 2.24) is 0 Å². The highest BCUT2D eigenvalue weighted by Crippen LogP contribution is 2.35. The summed E-state index contributed by atoms with van der Waals surface area (Å²) in [6, 6.07) is 13.9. The number of rotatable bonds is 7. The van der Waals surface area contributed by atoms with E-state index in [1.807, 2.05) is 30.3 Å². The summed E-state index contributed by atoms with van der Waals surface area (Å²) in [5, 5.41) is 0.0772. The van der Waals surface area contributed by atoms with Crippen molar-refractivity contribution in [3.8, 4) is 0 Å². The van der Waals surface area contributed by atoms with Crippen LogP contribution in [0.25, 0.3) is 0 Å². The Morgan fingerprint density at radius 2 is 1.93 bits per heavy atom. The van der Waals surface area contributed by atoms with Gasteiger partial charge >= 0.3 is 5.97 Å². The van der Waals surface area contributed by atoms with Crippen molar-refractivity contribution in [1.29, 1.82) is 0 Å². The third-order valence-corrected chi connectivity index (χ3v) is 6.76. The molecule has 0 amide bonds. The van der Waals surface area contributed by atoms with Gasteiger partial charge in [0.05, 0.1) is 15.8 Å². The number of hydrogen-bond acceptors (Lipinski definition) is 5. The van der Waals surface area contributed by atoms with Crippen LogP contribution in [0.5, 0.6) is 0 Å². The molecule has 0 N–H and O–H groups in total. The van der Waals surface area contributed by atoms with Crippen molar-refractivity contribution in [3.63, 3.8) is 0 Å². The second-order valence-corrected chi connectivity index (χ2v) is 9.88. The molecular formula is C22H23ClO5S. The van der Waals surface area contributed by atoms with Crippen molar-refractivity contribution >= 4 is 33.2 Å². The number of hydrogen-bond donors (Lipinski definition) is 0. The molecule has 3 rings (SSSR count). The Morgan fingerprint density at radius 1 is 1.21 bits per heavy atom. The molecule has 0 spiro atoms. The molecule has 2 aromatic rings. The predicted octanol–water partition coefficient (Wildman–Crippen LogP) is 4.33. The Labute approximate surface area is 175 Å². The van der Waals surface area contributed by atoms with Crippen LogP contribution in [0, 0.1) is 5.92 Å². The first-order chi connectivity index (χ1) is 13.7. The summed E-state index contributed by atoms with van der Waals surface area (Å²) >= 11 is 6.19. The van der Waals surface area contributed by atoms with Gasteiger partial charge in [0.15, 0.2) is 9.84 Å². The summed E-state index contributed by atoms with van der Waals surface area (Å²) in [4.78, 5) is 24.6. The van der Waals surface area contributed by atoms with Crippen molar-refractivity contribution in [2.45, 2.75) is 43.1 Å². The average molecular weight is 435 g/mol. The molecule has 0 aliphatic heterocycles. The molecule has 0 aromatic heterocycles. The second-order valence-electron chi connectivity index (χ2n) is 7.49. The molecule has 1 aliphatic carbocycles. The van der Waals surface area contributed by atoms with Gasteiger partial charge < -0.3 is 4.74 Å². The SMILES string of the molecule is CS(=O)(=O)c1ccc(C(CC2CCC(=O)C2)C(=O)OCc2ccccc2)cc1Cl. The van der Waals surface area contributed by atoms with Crippen LogP contribution in [0.1, 0.15) is 42.7 Å². The minimum atomic E-state index is -3.46. The number of esters is 1. The molecule has 0 bridgehead atoms. The molecule has 5 nitrogen and oxygen atoms in total. The lowest BCUT2D eigenvalue weighted by molar-refractivity contribution is -0.147. The van der Waals surface area contributed by atoms with Crippen molar-refractivity contribution in [3.05, 3.63) is 64.7 Å². The first-order valence-electron chi connectivity index (χ1n) is 9.46. The minimum absolute atomic E-state index is 0.0235. The van der Waals surface area contributed by atoms with E-state index in [1.165, 1.54) is 12.1 Å². The zero-order valence-electron chi connectivity index (χ0n) is 16.1. The smallest absolute Gasteiger partial charge is 0.313 e. The van der Waals surface area contributed by atoms with Gasteiger partial charge in [0.25, 0.3) is 0 Å². The molecular weight excluding hydrogens is 412 g/mol. The molecule has 1 saturated carbocycles. The fourth-order valence-corrected chi connectivity index (χ4v) is 5.00. The summed E-state index contributed by atoms with van der Waals surface area (Å²) in [5.74, 6) is -0.709. The van der Waals surface area contributed by atoms with Crippen LogP contribution in [-0.4, -0.2) is 26.4 Å². The number of halogens is 1. The Kier molecular flexibility index (Phi) is 6.75.